The fourth-order valence-electron chi connectivity index (χ4n) is 3.47. The molecule has 2 rings (SSSR count). The highest BCUT2D eigenvalue weighted by Crippen LogP contribution is 2.22. The zero-order valence-electron chi connectivity index (χ0n) is 17.8. The molecule has 5 heteroatoms. The van der Waals surface area contributed by atoms with Crippen molar-refractivity contribution in [2.45, 2.75) is 34.6 Å². The molecular formula is C23H31N3O2. The molecule has 0 aliphatic heterocycles. The Morgan fingerprint density at radius 2 is 1.46 bits per heavy atom. The molecule has 0 spiro atoms. The Balaban J connectivity index is 2.03. The van der Waals surface area contributed by atoms with Gasteiger partial charge in [0, 0.05) is 37.1 Å². The van der Waals surface area contributed by atoms with Gasteiger partial charge in [0.2, 0.25) is 5.91 Å². The standard InChI is InChI=1S/C23H31N3O2/c1-7-26(8-2)20-11-9-19(10-12-20)23(28)25(6)15-21(27)24-22-17(4)13-16(3)14-18(22)5/h9-14H,7-8,15H2,1-6H3,(H,24,27). The maximum atomic E-state index is 12.7. The van der Waals surface area contributed by atoms with E-state index in [0.717, 1.165) is 41.2 Å². The van der Waals surface area contributed by atoms with E-state index in [1.54, 1.807) is 7.05 Å². The molecule has 0 radical (unpaired) electrons. The van der Waals surface area contributed by atoms with Crippen molar-refractivity contribution in [1.29, 1.82) is 0 Å². The van der Waals surface area contributed by atoms with Crippen molar-refractivity contribution in [3.8, 4) is 0 Å². The number of aryl methyl sites for hydroxylation is 3. The number of benzene rings is 2. The van der Waals surface area contributed by atoms with Crippen molar-refractivity contribution in [2.24, 2.45) is 0 Å². The van der Waals surface area contributed by atoms with Crippen LogP contribution in [0.4, 0.5) is 11.4 Å². The summed E-state index contributed by atoms with van der Waals surface area (Å²) in [5.41, 5.74) is 5.69. The molecule has 5 nitrogen and oxygen atoms in total. The molecule has 0 aromatic heterocycles. The number of anilines is 2. The number of rotatable bonds is 7. The molecule has 0 saturated heterocycles. The minimum absolute atomic E-state index is 0.00336. The van der Waals surface area contributed by atoms with Crippen LogP contribution in [0, 0.1) is 20.8 Å². The van der Waals surface area contributed by atoms with E-state index >= 15 is 0 Å². The highest BCUT2D eigenvalue weighted by atomic mass is 16.2. The maximum Gasteiger partial charge on any atom is 0.254 e. The third kappa shape index (κ3) is 5.12. The van der Waals surface area contributed by atoms with Crippen LogP contribution >= 0.6 is 0 Å². The first-order valence-corrected chi connectivity index (χ1v) is 9.75. The summed E-state index contributed by atoms with van der Waals surface area (Å²) < 4.78 is 0. The Bertz CT molecular complexity index is 816. The predicted octanol–water partition coefficient (Wildman–Crippen LogP) is 4.17. The molecule has 0 atom stereocenters. The second-order valence-corrected chi connectivity index (χ2v) is 7.20. The molecule has 2 aromatic carbocycles. The van der Waals surface area contributed by atoms with Crippen LogP contribution in [0.15, 0.2) is 36.4 Å². The number of likely N-dealkylation sites (N-methyl/N-ethyl adjacent to an activating group) is 1. The first kappa shape index (κ1) is 21.5. The van der Waals surface area contributed by atoms with Crippen LogP contribution in [0.1, 0.15) is 40.9 Å². The SMILES string of the molecule is CCN(CC)c1ccc(C(=O)N(C)CC(=O)Nc2c(C)cc(C)cc2C)cc1. The quantitative estimate of drug-likeness (QED) is 0.783. The molecule has 150 valence electrons. The maximum absolute atomic E-state index is 12.7. The number of nitrogens with one attached hydrogen (secondary N) is 1. The summed E-state index contributed by atoms with van der Waals surface area (Å²) in [6, 6.07) is 11.6. The molecule has 2 aromatic rings. The van der Waals surface area contributed by atoms with Crippen LogP contribution in [0.3, 0.4) is 0 Å². The van der Waals surface area contributed by atoms with E-state index in [0.29, 0.717) is 5.56 Å². The van der Waals surface area contributed by atoms with E-state index in [9.17, 15) is 9.59 Å². The molecule has 0 bridgehead atoms. The zero-order valence-corrected chi connectivity index (χ0v) is 17.8. The van der Waals surface area contributed by atoms with E-state index in [2.05, 4.69) is 24.1 Å². The minimum Gasteiger partial charge on any atom is -0.372 e. The number of amides is 2. The predicted molar refractivity (Wildman–Crippen MR) is 116 cm³/mol. The second-order valence-electron chi connectivity index (χ2n) is 7.20. The molecule has 0 aliphatic rings. The number of hydrogen-bond donors (Lipinski definition) is 1. The van der Waals surface area contributed by atoms with Gasteiger partial charge < -0.3 is 15.1 Å². The first-order valence-electron chi connectivity index (χ1n) is 9.75. The fourth-order valence-corrected chi connectivity index (χ4v) is 3.47. The lowest BCUT2D eigenvalue weighted by Crippen LogP contribution is -2.35. The Hall–Kier alpha value is -2.82. The average Bonchev–Trinajstić information content (AvgIpc) is 2.65. The third-order valence-electron chi connectivity index (χ3n) is 4.91. The van der Waals surface area contributed by atoms with Crippen molar-refractivity contribution in [3.05, 3.63) is 58.7 Å². The Labute approximate surface area is 168 Å². The van der Waals surface area contributed by atoms with Crippen molar-refractivity contribution in [2.75, 3.05) is 36.9 Å². The molecule has 28 heavy (non-hydrogen) atoms. The zero-order chi connectivity index (χ0) is 20.8. The summed E-state index contributed by atoms with van der Waals surface area (Å²) in [7, 11) is 1.65. The van der Waals surface area contributed by atoms with Crippen molar-refractivity contribution < 1.29 is 9.59 Å². The highest BCUT2D eigenvalue weighted by Gasteiger charge is 2.16. The number of carbonyl (C=O) groups excluding carboxylic acids is 2. The van der Waals surface area contributed by atoms with Crippen LogP contribution in [-0.4, -0.2) is 43.4 Å². The van der Waals surface area contributed by atoms with Gasteiger partial charge in [-0.3, -0.25) is 9.59 Å². The Morgan fingerprint density at radius 1 is 0.929 bits per heavy atom. The average molecular weight is 382 g/mol. The largest absolute Gasteiger partial charge is 0.372 e. The van der Waals surface area contributed by atoms with Gasteiger partial charge in [-0.15, -0.1) is 0 Å². The van der Waals surface area contributed by atoms with E-state index in [-0.39, 0.29) is 18.4 Å². The van der Waals surface area contributed by atoms with E-state index in [4.69, 9.17) is 0 Å². The molecule has 0 aliphatic carbocycles. The molecular weight excluding hydrogens is 350 g/mol. The van der Waals surface area contributed by atoms with Gasteiger partial charge in [-0.2, -0.15) is 0 Å². The first-order chi connectivity index (χ1) is 13.3. The third-order valence-corrected chi connectivity index (χ3v) is 4.91. The van der Waals surface area contributed by atoms with Crippen molar-refractivity contribution in [1.82, 2.24) is 4.90 Å². The molecule has 0 fully saturated rings. The van der Waals surface area contributed by atoms with E-state index in [1.165, 1.54) is 4.90 Å². The Morgan fingerprint density at radius 3 is 1.96 bits per heavy atom. The van der Waals surface area contributed by atoms with Crippen molar-refractivity contribution in [3.63, 3.8) is 0 Å². The van der Waals surface area contributed by atoms with Crippen LogP contribution in [0.5, 0.6) is 0 Å². The summed E-state index contributed by atoms with van der Waals surface area (Å²) in [5, 5.41) is 2.94. The van der Waals surface area contributed by atoms with Crippen LogP contribution in [0.2, 0.25) is 0 Å². The van der Waals surface area contributed by atoms with Gasteiger partial charge in [0.25, 0.3) is 5.91 Å². The normalized spacial score (nSPS) is 10.5. The molecule has 0 saturated carbocycles. The van der Waals surface area contributed by atoms with Gasteiger partial charge in [0.1, 0.15) is 0 Å². The van der Waals surface area contributed by atoms with Gasteiger partial charge in [0.15, 0.2) is 0 Å². The van der Waals surface area contributed by atoms with Gasteiger partial charge in [0.05, 0.1) is 6.54 Å². The van der Waals surface area contributed by atoms with E-state index in [1.807, 2.05) is 57.2 Å². The summed E-state index contributed by atoms with van der Waals surface area (Å²) in [6.07, 6.45) is 0. The lowest BCUT2D eigenvalue weighted by Gasteiger charge is -2.22. The second kappa shape index (κ2) is 9.40. The van der Waals surface area contributed by atoms with Crippen molar-refractivity contribution >= 4 is 23.2 Å². The van der Waals surface area contributed by atoms with Crippen LogP contribution in [0.25, 0.3) is 0 Å². The van der Waals surface area contributed by atoms with Gasteiger partial charge in [-0.05, 0) is 70.0 Å². The summed E-state index contributed by atoms with van der Waals surface area (Å²) in [4.78, 5) is 28.8. The summed E-state index contributed by atoms with van der Waals surface area (Å²) in [5.74, 6) is -0.371. The monoisotopic (exact) mass is 381 g/mol. The molecule has 0 unspecified atom stereocenters. The smallest absolute Gasteiger partial charge is 0.254 e. The highest BCUT2D eigenvalue weighted by molar-refractivity contribution is 6.00. The van der Waals surface area contributed by atoms with Gasteiger partial charge >= 0.3 is 0 Å². The van der Waals surface area contributed by atoms with E-state index < -0.39 is 0 Å². The molecule has 0 heterocycles. The lowest BCUT2D eigenvalue weighted by molar-refractivity contribution is -0.116. The molecule has 1 N–H and O–H groups in total. The van der Waals surface area contributed by atoms with Crippen LogP contribution in [-0.2, 0) is 4.79 Å². The summed E-state index contributed by atoms with van der Waals surface area (Å²) >= 11 is 0. The molecule has 2 amide bonds. The number of hydrogen-bond acceptors (Lipinski definition) is 3. The fraction of sp³-hybridized carbons (Fsp3) is 0.391. The number of carbonyl (C=O) groups is 2. The lowest BCUT2D eigenvalue weighted by atomic mass is 10.1. The minimum atomic E-state index is -0.203. The van der Waals surface area contributed by atoms with Gasteiger partial charge in [-0.1, -0.05) is 17.7 Å². The number of nitrogens with zero attached hydrogens (tertiary/aromatic N) is 2. The summed E-state index contributed by atoms with van der Waals surface area (Å²) in [6.45, 7) is 12.0. The Kier molecular flexibility index (Phi) is 7.21. The van der Waals surface area contributed by atoms with Crippen LogP contribution < -0.4 is 10.2 Å². The topological polar surface area (TPSA) is 52.7 Å². The van der Waals surface area contributed by atoms with Gasteiger partial charge in [-0.25, -0.2) is 0 Å².